The van der Waals surface area contributed by atoms with Crippen molar-refractivity contribution in [3.63, 3.8) is 0 Å². The van der Waals surface area contributed by atoms with Gasteiger partial charge in [-0.15, -0.1) is 11.6 Å². The van der Waals surface area contributed by atoms with Gasteiger partial charge in [-0.2, -0.15) is 11.3 Å². The zero-order valence-electron chi connectivity index (χ0n) is 11.6. The summed E-state index contributed by atoms with van der Waals surface area (Å²) in [7, 11) is 0. The second kappa shape index (κ2) is 7.74. The minimum atomic E-state index is -0.583. The minimum Gasteiger partial charge on any atom is -0.339 e. The van der Waals surface area contributed by atoms with Crippen molar-refractivity contribution in [1.29, 1.82) is 0 Å². The molecule has 8 heteroatoms. The largest absolute Gasteiger partial charge is 0.339 e. The number of carbonyl (C=O) groups excluding carboxylic acids is 2. The number of nitrogens with two attached hydrogens (primary N) is 1. The molecule has 2 amide bonds. The molecule has 1 aliphatic rings. The zero-order chi connectivity index (χ0) is 15.2. The third-order valence-electron chi connectivity index (χ3n) is 3.42. The lowest BCUT2D eigenvalue weighted by Gasteiger charge is -2.35. The Morgan fingerprint density at radius 1 is 1.38 bits per heavy atom. The Labute approximate surface area is 132 Å². The van der Waals surface area contributed by atoms with Gasteiger partial charge < -0.3 is 16.0 Å². The lowest BCUT2D eigenvalue weighted by molar-refractivity contribution is -0.130. The van der Waals surface area contributed by atoms with Crippen molar-refractivity contribution in [2.75, 3.05) is 43.9 Å². The molecule has 1 fully saturated rings. The minimum absolute atomic E-state index is 0.0164. The second-order valence-corrected chi connectivity index (χ2v) is 5.97. The van der Waals surface area contributed by atoms with Crippen molar-refractivity contribution in [3.8, 4) is 0 Å². The van der Waals surface area contributed by atoms with Crippen LogP contribution in [0.25, 0.3) is 0 Å². The van der Waals surface area contributed by atoms with Crippen molar-refractivity contribution in [1.82, 2.24) is 9.80 Å². The number of hydrogen-bond acceptors (Lipinski definition) is 5. The molecule has 21 heavy (non-hydrogen) atoms. The molecule has 1 unspecified atom stereocenters. The number of nitrogens with one attached hydrogen (secondary N) is 1. The Morgan fingerprint density at radius 2 is 2.10 bits per heavy atom. The average Bonchev–Trinajstić information content (AvgIpc) is 3.00. The predicted molar refractivity (Wildman–Crippen MR) is 84.7 cm³/mol. The molecule has 1 aromatic rings. The van der Waals surface area contributed by atoms with Gasteiger partial charge >= 0.3 is 0 Å². The normalized spacial score (nSPS) is 17.5. The van der Waals surface area contributed by atoms with E-state index in [1.165, 1.54) is 11.3 Å². The van der Waals surface area contributed by atoms with Crippen LogP contribution in [-0.4, -0.2) is 66.3 Å². The standard InChI is InChI=1S/C13H19ClN4O2S/c14-7-12(19)18-4-2-17(3-5-18)8-11(15)13(20)16-10-1-6-21-9-10/h1,6,9,11H,2-5,7-8,15H2,(H,16,20). The number of rotatable bonds is 5. The first-order valence-corrected chi connectivity index (χ1v) is 8.22. The Kier molecular flexibility index (Phi) is 5.98. The molecule has 0 bridgehead atoms. The maximum Gasteiger partial charge on any atom is 0.242 e. The number of piperazine rings is 1. The van der Waals surface area contributed by atoms with Gasteiger partial charge in [-0.25, -0.2) is 0 Å². The molecule has 1 saturated heterocycles. The van der Waals surface area contributed by atoms with E-state index in [4.69, 9.17) is 17.3 Å². The fraction of sp³-hybridized carbons (Fsp3) is 0.538. The highest BCUT2D eigenvalue weighted by atomic mass is 35.5. The third kappa shape index (κ3) is 4.67. The molecule has 3 N–H and O–H groups in total. The molecular formula is C13H19ClN4O2S. The van der Waals surface area contributed by atoms with Gasteiger partial charge in [-0.05, 0) is 11.4 Å². The van der Waals surface area contributed by atoms with Crippen LogP contribution in [0.15, 0.2) is 16.8 Å². The molecule has 6 nitrogen and oxygen atoms in total. The SMILES string of the molecule is NC(CN1CCN(C(=O)CCl)CC1)C(=O)Nc1ccsc1. The van der Waals surface area contributed by atoms with Crippen molar-refractivity contribution in [3.05, 3.63) is 16.8 Å². The van der Waals surface area contributed by atoms with E-state index in [-0.39, 0.29) is 17.7 Å². The Bertz CT molecular complexity index is 475. The molecule has 2 rings (SSSR count). The van der Waals surface area contributed by atoms with Gasteiger partial charge in [-0.1, -0.05) is 0 Å². The van der Waals surface area contributed by atoms with Crippen LogP contribution in [0, 0.1) is 0 Å². The molecule has 1 atom stereocenters. The molecule has 116 valence electrons. The van der Waals surface area contributed by atoms with Crippen LogP contribution >= 0.6 is 22.9 Å². The number of halogens is 1. The molecule has 1 aromatic heterocycles. The van der Waals surface area contributed by atoms with Gasteiger partial charge in [0.2, 0.25) is 11.8 Å². The highest BCUT2D eigenvalue weighted by molar-refractivity contribution is 7.08. The van der Waals surface area contributed by atoms with Gasteiger partial charge in [-0.3, -0.25) is 14.5 Å². The number of hydrogen-bond donors (Lipinski definition) is 2. The summed E-state index contributed by atoms with van der Waals surface area (Å²) in [5, 5.41) is 6.54. The zero-order valence-corrected chi connectivity index (χ0v) is 13.2. The predicted octanol–water partition coefficient (Wildman–Crippen LogP) is 0.397. The quantitative estimate of drug-likeness (QED) is 0.766. The van der Waals surface area contributed by atoms with E-state index in [0.29, 0.717) is 32.7 Å². The second-order valence-electron chi connectivity index (χ2n) is 4.92. The Morgan fingerprint density at radius 3 is 2.67 bits per heavy atom. The van der Waals surface area contributed by atoms with Crippen molar-refractivity contribution >= 4 is 40.4 Å². The smallest absolute Gasteiger partial charge is 0.242 e. The summed E-state index contributed by atoms with van der Waals surface area (Å²) in [6, 6.07) is 1.26. The van der Waals surface area contributed by atoms with E-state index < -0.39 is 6.04 Å². The summed E-state index contributed by atoms with van der Waals surface area (Å²) >= 11 is 7.06. The molecule has 0 saturated carbocycles. The number of amides is 2. The lowest BCUT2D eigenvalue weighted by Crippen LogP contribution is -2.53. The lowest BCUT2D eigenvalue weighted by atomic mass is 10.2. The van der Waals surface area contributed by atoms with Crippen LogP contribution < -0.4 is 11.1 Å². The van der Waals surface area contributed by atoms with Crippen LogP contribution in [0.3, 0.4) is 0 Å². The molecule has 1 aliphatic heterocycles. The monoisotopic (exact) mass is 330 g/mol. The Balaban J connectivity index is 1.75. The van der Waals surface area contributed by atoms with Crippen LogP contribution in [0.2, 0.25) is 0 Å². The molecule has 0 aromatic carbocycles. The fourth-order valence-corrected chi connectivity index (χ4v) is 2.95. The van der Waals surface area contributed by atoms with E-state index in [9.17, 15) is 9.59 Å². The van der Waals surface area contributed by atoms with Crippen molar-refractivity contribution in [2.45, 2.75) is 6.04 Å². The average molecular weight is 331 g/mol. The van der Waals surface area contributed by atoms with Gasteiger partial charge in [0.05, 0.1) is 11.7 Å². The van der Waals surface area contributed by atoms with Gasteiger partial charge in [0, 0.05) is 38.1 Å². The third-order valence-corrected chi connectivity index (χ3v) is 4.33. The summed E-state index contributed by atoms with van der Waals surface area (Å²) in [6.07, 6.45) is 0. The maximum atomic E-state index is 12.0. The summed E-state index contributed by atoms with van der Waals surface area (Å²) in [5.41, 5.74) is 6.71. The first kappa shape index (κ1) is 16.2. The van der Waals surface area contributed by atoms with Gasteiger partial charge in [0.15, 0.2) is 0 Å². The highest BCUT2D eigenvalue weighted by Crippen LogP contribution is 2.12. The van der Waals surface area contributed by atoms with Gasteiger partial charge in [0.25, 0.3) is 0 Å². The van der Waals surface area contributed by atoms with Crippen LogP contribution in [0.4, 0.5) is 5.69 Å². The summed E-state index contributed by atoms with van der Waals surface area (Å²) in [4.78, 5) is 27.3. The van der Waals surface area contributed by atoms with E-state index in [1.807, 2.05) is 16.8 Å². The number of nitrogens with zero attached hydrogens (tertiary/aromatic N) is 2. The van der Waals surface area contributed by atoms with Crippen LogP contribution in [0.1, 0.15) is 0 Å². The summed E-state index contributed by atoms with van der Waals surface area (Å²) in [5.74, 6) is -0.216. The number of alkyl halides is 1. The van der Waals surface area contributed by atoms with Crippen molar-refractivity contribution in [2.24, 2.45) is 5.73 Å². The Hall–Kier alpha value is -1.15. The molecule has 0 aliphatic carbocycles. The molecule has 0 radical (unpaired) electrons. The number of anilines is 1. The van der Waals surface area contributed by atoms with Crippen molar-refractivity contribution < 1.29 is 9.59 Å². The number of carbonyl (C=O) groups is 2. The first-order valence-electron chi connectivity index (χ1n) is 6.75. The molecule has 2 heterocycles. The topological polar surface area (TPSA) is 78.7 Å². The van der Waals surface area contributed by atoms with Gasteiger partial charge in [0.1, 0.15) is 5.88 Å². The van der Waals surface area contributed by atoms with E-state index in [0.717, 1.165) is 5.69 Å². The summed E-state index contributed by atoms with van der Waals surface area (Å²) < 4.78 is 0. The molecule has 0 spiro atoms. The first-order chi connectivity index (χ1) is 10.1. The highest BCUT2D eigenvalue weighted by Gasteiger charge is 2.23. The van der Waals surface area contributed by atoms with E-state index >= 15 is 0 Å². The van der Waals surface area contributed by atoms with E-state index in [2.05, 4.69) is 10.2 Å². The maximum absolute atomic E-state index is 12.0. The summed E-state index contributed by atoms with van der Waals surface area (Å²) in [6.45, 7) is 3.16. The molecular weight excluding hydrogens is 312 g/mol. The van der Waals surface area contributed by atoms with E-state index in [1.54, 1.807) is 4.90 Å². The fourth-order valence-electron chi connectivity index (χ4n) is 2.20. The number of thiophene rings is 1. The van der Waals surface area contributed by atoms with Crippen LogP contribution in [0.5, 0.6) is 0 Å². The van der Waals surface area contributed by atoms with Crippen LogP contribution in [-0.2, 0) is 9.59 Å².